The maximum atomic E-state index is 13.1. The highest BCUT2D eigenvalue weighted by atomic mass is 19.3. The standard InChI is InChI=1S/C8H9F2N3O2/c9-8(10,7(15)13-11)6(14)5-1-3-12-4-2-5/h1-4,6,14H,11H2,(H,13,15). The van der Waals surface area contributed by atoms with E-state index in [1.165, 1.54) is 30.0 Å². The fourth-order valence-corrected chi connectivity index (χ4v) is 0.975. The van der Waals surface area contributed by atoms with Crippen LogP contribution in [-0.4, -0.2) is 21.9 Å². The number of aliphatic hydroxyl groups is 1. The molecule has 1 atom stereocenters. The quantitative estimate of drug-likeness (QED) is 0.370. The van der Waals surface area contributed by atoms with Crippen LogP contribution in [0, 0.1) is 0 Å². The molecular formula is C8H9F2N3O2. The van der Waals surface area contributed by atoms with Crippen LogP contribution >= 0.6 is 0 Å². The number of hydrogen-bond donors (Lipinski definition) is 3. The zero-order chi connectivity index (χ0) is 11.5. The molecule has 1 heterocycles. The van der Waals surface area contributed by atoms with Gasteiger partial charge < -0.3 is 5.11 Å². The number of aromatic nitrogens is 1. The summed E-state index contributed by atoms with van der Waals surface area (Å²) in [5, 5.41) is 9.26. The van der Waals surface area contributed by atoms with Gasteiger partial charge in [-0.3, -0.25) is 15.2 Å². The van der Waals surface area contributed by atoms with E-state index in [2.05, 4.69) is 10.8 Å². The Morgan fingerprint density at radius 2 is 2.07 bits per heavy atom. The minimum absolute atomic E-state index is 0.112. The summed E-state index contributed by atoms with van der Waals surface area (Å²) in [5.74, 6) is -1.15. The molecule has 0 bridgehead atoms. The molecule has 4 N–H and O–H groups in total. The first-order valence-electron chi connectivity index (χ1n) is 3.97. The molecule has 1 aromatic rings. The minimum atomic E-state index is -3.98. The number of rotatable bonds is 3. The molecule has 0 spiro atoms. The Labute approximate surface area is 83.9 Å². The van der Waals surface area contributed by atoms with Crippen LogP contribution < -0.4 is 11.3 Å². The number of halogens is 2. The number of alkyl halides is 2. The van der Waals surface area contributed by atoms with Crippen molar-refractivity contribution >= 4 is 5.91 Å². The van der Waals surface area contributed by atoms with Gasteiger partial charge in [-0.05, 0) is 17.7 Å². The van der Waals surface area contributed by atoms with Crippen molar-refractivity contribution in [3.05, 3.63) is 30.1 Å². The maximum Gasteiger partial charge on any atom is 0.355 e. The Bertz CT molecular complexity index is 345. The van der Waals surface area contributed by atoms with Gasteiger partial charge in [0.15, 0.2) is 6.10 Å². The summed E-state index contributed by atoms with van der Waals surface area (Å²) in [7, 11) is 0. The van der Waals surface area contributed by atoms with Crippen molar-refractivity contribution in [1.29, 1.82) is 0 Å². The van der Waals surface area contributed by atoms with Crippen LogP contribution in [0.4, 0.5) is 8.78 Å². The van der Waals surface area contributed by atoms with Gasteiger partial charge in [0, 0.05) is 12.4 Å². The molecule has 0 saturated heterocycles. The third-order valence-electron chi connectivity index (χ3n) is 1.80. The normalized spacial score (nSPS) is 13.3. The highest BCUT2D eigenvalue weighted by molar-refractivity contribution is 5.83. The van der Waals surface area contributed by atoms with Gasteiger partial charge >= 0.3 is 11.8 Å². The summed E-state index contributed by atoms with van der Waals surface area (Å²) in [4.78, 5) is 14.3. The number of carbonyl (C=O) groups is 1. The molecule has 0 fully saturated rings. The second kappa shape index (κ2) is 4.28. The van der Waals surface area contributed by atoms with E-state index in [0.717, 1.165) is 0 Å². The lowest BCUT2D eigenvalue weighted by Crippen LogP contribution is -2.47. The zero-order valence-corrected chi connectivity index (χ0v) is 7.52. The SMILES string of the molecule is NNC(=O)C(F)(F)C(O)c1ccncc1. The fourth-order valence-electron chi connectivity index (χ4n) is 0.975. The summed E-state index contributed by atoms with van der Waals surface area (Å²) in [6, 6.07) is 2.37. The molecule has 1 rings (SSSR count). The lowest BCUT2D eigenvalue weighted by Gasteiger charge is -2.20. The molecular weight excluding hydrogens is 208 g/mol. The van der Waals surface area contributed by atoms with E-state index in [4.69, 9.17) is 0 Å². The van der Waals surface area contributed by atoms with Gasteiger partial charge in [-0.15, -0.1) is 0 Å². The first kappa shape index (κ1) is 11.5. The summed E-state index contributed by atoms with van der Waals surface area (Å²) in [6.07, 6.45) is 0.216. The third kappa shape index (κ3) is 2.25. The maximum absolute atomic E-state index is 13.1. The van der Waals surface area contributed by atoms with Crippen LogP contribution in [0.3, 0.4) is 0 Å². The van der Waals surface area contributed by atoms with Crippen molar-refractivity contribution in [3.8, 4) is 0 Å². The van der Waals surface area contributed by atoms with Crippen LogP contribution in [0.1, 0.15) is 11.7 Å². The molecule has 82 valence electrons. The molecule has 15 heavy (non-hydrogen) atoms. The predicted octanol–water partition coefficient (Wildman–Crippen LogP) is -0.260. The van der Waals surface area contributed by atoms with Crippen molar-refractivity contribution in [2.24, 2.45) is 5.84 Å². The third-order valence-corrected chi connectivity index (χ3v) is 1.80. The van der Waals surface area contributed by atoms with Crippen LogP contribution in [0.2, 0.25) is 0 Å². The number of hydrazine groups is 1. The van der Waals surface area contributed by atoms with Gasteiger partial charge in [0.25, 0.3) is 0 Å². The second-order valence-corrected chi connectivity index (χ2v) is 2.78. The minimum Gasteiger partial charge on any atom is -0.381 e. The number of carbonyl (C=O) groups excluding carboxylic acids is 1. The van der Waals surface area contributed by atoms with E-state index < -0.39 is 17.9 Å². The lowest BCUT2D eigenvalue weighted by atomic mass is 10.0. The van der Waals surface area contributed by atoms with Gasteiger partial charge in [0.2, 0.25) is 0 Å². The number of amides is 1. The van der Waals surface area contributed by atoms with Gasteiger partial charge in [0.05, 0.1) is 0 Å². The molecule has 1 amide bonds. The first-order chi connectivity index (χ1) is 7.00. The molecule has 1 aromatic heterocycles. The van der Waals surface area contributed by atoms with Crippen molar-refractivity contribution in [2.75, 3.05) is 0 Å². The number of nitrogens with two attached hydrogens (primary N) is 1. The van der Waals surface area contributed by atoms with Gasteiger partial charge in [-0.1, -0.05) is 0 Å². The predicted molar refractivity (Wildman–Crippen MR) is 46.5 cm³/mol. The fraction of sp³-hybridized carbons (Fsp3) is 0.250. The Balaban J connectivity index is 2.94. The molecule has 0 aliphatic rings. The highest BCUT2D eigenvalue weighted by Crippen LogP contribution is 2.30. The van der Waals surface area contributed by atoms with E-state index in [1.54, 1.807) is 0 Å². The Morgan fingerprint density at radius 3 is 2.53 bits per heavy atom. The molecule has 0 aromatic carbocycles. The number of hydrogen-bond acceptors (Lipinski definition) is 4. The molecule has 5 nitrogen and oxygen atoms in total. The van der Waals surface area contributed by atoms with Crippen LogP contribution in [0.5, 0.6) is 0 Å². The van der Waals surface area contributed by atoms with E-state index in [1.807, 2.05) is 0 Å². The number of pyridine rings is 1. The molecule has 0 aliphatic carbocycles. The summed E-state index contributed by atoms with van der Waals surface area (Å²) >= 11 is 0. The first-order valence-corrected chi connectivity index (χ1v) is 3.97. The van der Waals surface area contributed by atoms with Crippen molar-refractivity contribution in [3.63, 3.8) is 0 Å². The molecule has 0 aliphatic heterocycles. The average molecular weight is 217 g/mol. The Kier molecular flexibility index (Phi) is 3.28. The van der Waals surface area contributed by atoms with Crippen molar-refractivity contribution in [2.45, 2.75) is 12.0 Å². The monoisotopic (exact) mass is 217 g/mol. The molecule has 0 radical (unpaired) electrons. The Morgan fingerprint density at radius 1 is 1.53 bits per heavy atom. The van der Waals surface area contributed by atoms with E-state index >= 15 is 0 Å². The van der Waals surface area contributed by atoms with Crippen molar-refractivity contribution < 1.29 is 18.7 Å². The highest BCUT2D eigenvalue weighted by Gasteiger charge is 2.47. The Hall–Kier alpha value is -1.60. The summed E-state index contributed by atoms with van der Waals surface area (Å²) in [6.45, 7) is 0. The van der Waals surface area contributed by atoms with E-state index in [9.17, 15) is 18.7 Å². The van der Waals surface area contributed by atoms with E-state index in [-0.39, 0.29) is 5.56 Å². The summed E-state index contributed by atoms with van der Waals surface area (Å²) in [5.41, 5.74) is 1.18. The largest absolute Gasteiger partial charge is 0.381 e. The zero-order valence-electron chi connectivity index (χ0n) is 7.52. The lowest BCUT2D eigenvalue weighted by molar-refractivity contribution is -0.164. The number of nitrogens with one attached hydrogen (secondary N) is 1. The van der Waals surface area contributed by atoms with Crippen molar-refractivity contribution in [1.82, 2.24) is 10.4 Å². The van der Waals surface area contributed by atoms with Crippen LogP contribution in [-0.2, 0) is 4.79 Å². The number of aliphatic hydroxyl groups excluding tert-OH is 1. The summed E-state index contributed by atoms with van der Waals surface area (Å²) < 4.78 is 26.3. The van der Waals surface area contributed by atoms with E-state index in [0.29, 0.717) is 0 Å². The van der Waals surface area contributed by atoms with Gasteiger partial charge in [-0.2, -0.15) is 8.78 Å². The van der Waals surface area contributed by atoms with Crippen LogP contribution in [0.25, 0.3) is 0 Å². The average Bonchev–Trinajstić information content (AvgIpc) is 2.28. The number of nitrogens with zero attached hydrogens (tertiary/aromatic N) is 1. The molecule has 0 saturated carbocycles. The van der Waals surface area contributed by atoms with Gasteiger partial charge in [0.1, 0.15) is 0 Å². The van der Waals surface area contributed by atoms with Gasteiger partial charge in [-0.25, -0.2) is 5.84 Å². The topological polar surface area (TPSA) is 88.2 Å². The van der Waals surface area contributed by atoms with Crippen LogP contribution in [0.15, 0.2) is 24.5 Å². The smallest absolute Gasteiger partial charge is 0.355 e. The molecule has 1 unspecified atom stereocenters. The molecule has 7 heteroatoms. The second-order valence-electron chi connectivity index (χ2n) is 2.78.